The van der Waals surface area contributed by atoms with Crippen LogP contribution in [0.4, 0.5) is 8.78 Å². The predicted molar refractivity (Wildman–Crippen MR) is 80.9 cm³/mol. The fourth-order valence-electron chi connectivity index (χ4n) is 2.15. The van der Waals surface area contributed by atoms with Crippen LogP contribution in [0, 0.1) is 11.8 Å². The molecule has 1 aromatic carbocycles. The number of carboxylic acid groups (broad SMARTS) is 1. The van der Waals surface area contributed by atoms with E-state index in [9.17, 15) is 23.5 Å². The van der Waals surface area contributed by atoms with Gasteiger partial charge in [0.1, 0.15) is 12.5 Å². The minimum absolute atomic E-state index is 0.205. The number of esters is 1. The maximum absolute atomic E-state index is 13.8. The topological polar surface area (TPSA) is 110 Å². The molecule has 4 N–H and O–H groups in total. The average molecular weight is 345 g/mol. The molecule has 2 unspecified atom stereocenters. The first kappa shape index (κ1) is 20.0. The molecular formula is C16H21F2NO5. The lowest BCUT2D eigenvalue weighted by Gasteiger charge is -2.35. The van der Waals surface area contributed by atoms with Crippen molar-refractivity contribution >= 4 is 11.9 Å². The molecule has 2 atom stereocenters. The maximum Gasteiger partial charge on any atom is 0.384 e. The zero-order valence-electron chi connectivity index (χ0n) is 13.4. The Labute approximate surface area is 138 Å². The van der Waals surface area contributed by atoms with Crippen molar-refractivity contribution in [3.8, 4) is 0 Å². The molecule has 0 aliphatic heterocycles. The van der Waals surface area contributed by atoms with Crippen LogP contribution in [0.15, 0.2) is 30.3 Å². The van der Waals surface area contributed by atoms with E-state index >= 15 is 0 Å². The lowest BCUT2D eigenvalue weighted by atomic mass is 9.84. The molecule has 24 heavy (non-hydrogen) atoms. The molecule has 0 aliphatic carbocycles. The summed E-state index contributed by atoms with van der Waals surface area (Å²) in [7, 11) is 0. The number of carbonyl (C=O) groups is 2. The zero-order valence-corrected chi connectivity index (χ0v) is 13.4. The fraction of sp³-hybridized carbons (Fsp3) is 0.500. The van der Waals surface area contributed by atoms with Gasteiger partial charge in [0.2, 0.25) is 5.72 Å². The molecule has 0 aromatic heterocycles. The summed E-state index contributed by atoms with van der Waals surface area (Å²) < 4.78 is 32.5. The van der Waals surface area contributed by atoms with E-state index in [0.717, 1.165) is 0 Å². The Hall–Kier alpha value is -2.06. The van der Waals surface area contributed by atoms with Gasteiger partial charge in [0.05, 0.1) is 0 Å². The third-order valence-electron chi connectivity index (χ3n) is 3.52. The number of rotatable bonds is 8. The van der Waals surface area contributed by atoms with Gasteiger partial charge in [-0.05, 0) is 17.9 Å². The summed E-state index contributed by atoms with van der Waals surface area (Å²) in [5, 5.41) is 18.5. The first-order chi connectivity index (χ1) is 11.0. The summed E-state index contributed by atoms with van der Waals surface area (Å²) in [6.45, 7) is 3.03. The largest absolute Gasteiger partial charge is 0.477 e. The number of benzene rings is 1. The maximum atomic E-state index is 13.8. The smallest absolute Gasteiger partial charge is 0.384 e. The van der Waals surface area contributed by atoms with E-state index in [1.807, 2.05) is 0 Å². The second kappa shape index (κ2) is 7.67. The van der Waals surface area contributed by atoms with Gasteiger partial charge >= 0.3 is 17.9 Å². The Kier molecular flexibility index (Phi) is 6.39. The van der Waals surface area contributed by atoms with E-state index in [4.69, 9.17) is 15.6 Å². The van der Waals surface area contributed by atoms with E-state index < -0.39 is 29.5 Å². The van der Waals surface area contributed by atoms with Crippen molar-refractivity contribution in [3.05, 3.63) is 35.9 Å². The number of hydrogen-bond donors (Lipinski definition) is 3. The fourth-order valence-corrected chi connectivity index (χ4v) is 2.15. The summed E-state index contributed by atoms with van der Waals surface area (Å²) in [6.07, 6.45) is -0.260. The van der Waals surface area contributed by atoms with Gasteiger partial charge in [-0.15, -0.1) is 0 Å². The van der Waals surface area contributed by atoms with Gasteiger partial charge in [0, 0.05) is 0 Å². The highest BCUT2D eigenvalue weighted by Crippen LogP contribution is 2.35. The highest BCUT2D eigenvalue weighted by molar-refractivity contribution is 5.81. The number of carbonyl (C=O) groups excluding carboxylic acids is 1. The quantitative estimate of drug-likeness (QED) is 0.489. The minimum atomic E-state index is -4.71. The van der Waals surface area contributed by atoms with Gasteiger partial charge in [0.15, 0.2) is 0 Å². The molecule has 8 heteroatoms. The molecule has 0 radical (unpaired) electrons. The lowest BCUT2D eigenvalue weighted by Crippen LogP contribution is -2.66. The molecule has 0 bridgehead atoms. The summed E-state index contributed by atoms with van der Waals surface area (Å²) >= 11 is 0. The second-order valence-corrected chi connectivity index (χ2v) is 5.98. The van der Waals surface area contributed by atoms with Crippen LogP contribution in [0.2, 0.25) is 0 Å². The molecule has 0 amide bonds. The Balaban J connectivity index is 2.99. The van der Waals surface area contributed by atoms with Crippen LogP contribution in [0.5, 0.6) is 0 Å². The molecule has 1 aromatic rings. The van der Waals surface area contributed by atoms with Crippen molar-refractivity contribution in [2.45, 2.75) is 38.5 Å². The van der Waals surface area contributed by atoms with Crippen molar-refractivity contribution < 1.29 is 33.3 Å². The van der Waals surface area contributed by atoms with E-state index in [1.165, 1.54) is 0 Å². The van der Waals surface area contributed by atoms with E-state index in [0.29, 0.717) is 5.56 Å². The molecule has 1 rings (SSSR count). The van der Waals surface area contributed by atoms with Gasteiger partial charge in [-0.25, -0.2) is 4.79 Å². The molecule has 0 spiro atoms. The lowest BCUT2D eigenvalue weighted by molar-refractivity contribution is -0.227. The molecule has 0 aliphatic rings. The van der Waals surface area contributed by atoms with Gasteiger partial charge in [-0.2, -0.15) is 8.78 Å². The summed E-state index contributed by atoms with van der Waals surface area (Å²) in [4.78, 5) is 22.9. The number of ether oxygens (including phenoxy) is 1. The van der Waals surface area contributed by atoms with Crippen LogP contribution < -0.4 is 5.73 Å². The van der Waals surface area contributed by atoms with Crippen LogP contribution in [-0.4, -0.2) is 33.8 Å². The molecule has 0 fully saturated rings. The van der Waals surface area contributed by atoms with Gasteiger partial charge in [0.25, 0.3) is 0 Å². The van der Waals surface area contributed by atoms with Crippen molar-refractivity contribution in [1.82, 2.24) is 0 Å². The van der Waals surface area contributed by atoms with Gasteiger partial charge in [-0.3, -0.25) is 10.5 Å². The molecule has 6 nitrogen and oxygen atoms in total. The van der Waals surface area contributed by atoms with Crippen LogP contribution in [-0.2, 0) is 20.9 Å². The standard InChI is InChI=1S/C16H21F2NO5/c1-10(2)8-12(16(19,23)15(17,18)14(21)22)13(20)24-9-11-6-4-3-5-7-11/h3-7,10,12,23H,8-9,19H2,1-2H3,(H,21,22). The zero-order chi connectivity index (χ0) is 18.5. The summed E-state index contributed by atoms with van der Waals surface area (Å²) in [6, 6.07) is 8.47. The number of nitrogens with two attached hydrogens (primary N) is 1. The van der Waals surface area contributed by atoms with Crippen molar-refractivity contribution in [2.24, 2.45) is 17.6 Å². The van der Waals surface area contributed by atoms with Crippen LogP contribution in [0.1, 0.15) is 25.8 Å². The third-order valence-corrected chi connectivity index (χ3v) is 3.52. The average Bonchev–Trinajstić information content (AvgIpc) is 2.50. The summed E-state index contributed by atoms with van der Waals surface area (Å²) in [5.74, 6) is -10.7. The summed E-state index contributed by atoms with van der Waals surface area (Å²) in [5.41, 5.74) is 2.22. The Morgan fingerprint density at radius 1 is 1.25 bits per heavy atom. The molecule has 0 saturated carbocycles. The Bertz CT molecular complexity index is 575. The number of aliphatic hydroxyl groups is 1. The normalized spacial score (nSPS) is 15.6. The van der Waals surface area contributed by atoms with Crippen molar-refractivity contribution in [2.75, 3.05) is 0 Å². The molecule has 0 saturated heterocycles. The number of carboxylic acids is 1. The van der Waals surface area contributed by atoms with Crippen LogP contribution in [0.3, 0.4) is 0 Å². The van der Waals surface area contributed by atoms with Gasteiger partial charge < -0.3 is 14.9 Å². The highest BCUT2D eigenvalue weighted by atomic mass is 19.3. The molecule has 0 heterocycles. The number of halogens is 2. The van der Waals surface area contributed by atoms with Crippen molar-refractivity contribution in [3.63, 3.8) is 0 Å². The van der Waals surface area contributed by atoms with Crippen molar-refractivity contribution in [1.29, 1.82) is 0 Å². The number of hydrogen-bond acceptors (Lipinski definition) is 5. The first-order valence-electron chi connectivity index (χ1n) is 7.33. The first-order valence-corrected chi connectivity index (χ1v) is 7.33. The third kappa shape index (κ3) is 4.48. The van der Waals surface area contributed by atoms with E-state index in [1.54, 1.807) is 44.2 Å². The van der Waals surface area contributed by atoms with Crippen LogP contribution >= 0.6 is 0 Å². The van der Waals surface area contributed by atoms with E-state index in [-0.39, 0.29) is 18.9 Å². The monoisotopic (exact) mass is 345 g/mol. The molecular weight excluding hydrogens is 324 g/mol. The molecule has 134 valence electrons. The predicted octanol–water partition coefficient (Wildman–Crippen LogP) is 1.76. The SMILES string of the molecule is CC(C)CC(C(=O)OCc1ccccc1)C(N)(O)C(F)(F)C(=O)O. The van der Waals surface area contributed by atoms with Crippen LogP contribution in [0.25, 0.3) is 0 Å². The Morgan fingerprint density at radius 3 is 2.25 bits per heavy atom. The second-order valence-electron chi connectivity index (χ2n) is 5.98. The Morgan fingerprint density at radius 2 is 1.79 bits per heavy atom. The number of alkyl halides is 2. The van der Waals surface area contributed by atoms with Gasteiger partial charge in [-0.1, -0.05) is 44.2 Å². The highest BCUT2D eigenvalue weighted by Gasteiger charge is 2.63. The number of aliphatic carboxylic acids is 1. The minimum Gasteiger partial charge on any atom is -0.477 e. The van der Waals surface area contributed by atoms with E-state index in [2.05, 4.69) is 0 Å².